The minimum absolute atomic E-state index is 0.127. The lowest BCUT2D eigenvalue weighted by molar-refractivity contribution is -0.388. The van der Waals surface area contributed by atoms with Crippen LogP contribution >= 0.6 is 11.3 Å². The molecule has 4 rings (SSSR count). The maximum atomic E-state index is 12.9. The lowest BCUT2D eigenvalue weighted by Gasteiger charge is -2.01. The first-order chi connectivity index (χ1) is 12.8. The molecule has 0 fully saturated rings. The van der Waals surface area contributed by atoms with Crippen LogP contribution in [0.5, 0.6) is 11.5 Å². The monoisotopic (exact) mass is 398 g/mol. The van der Waals surface area contributed by atoms with Crippen LogP contribution in [0.15, 0.2) is 29.8 Å². The van der Waals surface area contributed by atoms with E-state index < -0.39 is 22.5 Å². The first kappa shape index (κ1) is 17.3. The van der Waals surface area contributed by atoms with Crippen LogP contribution in [0.1, 0.15) is 11.4 Å². The summed E-state index contributed by atoms with van der Waals surface area (Å²) in [5.74, 6) is 1.21. The second-order valence-electron chi connectivity index (χ2n) is 5.53. The number of halogens is 3. The minimum Gasteiger partial charge on any atom is -0.454 e. The van der Waals surface area contributed by atoms with E-state index in [9.17, 15) is 23.3 Å². The number of aromatic nitrogens is 3. The maximum Gasteiger partial charge on any atom is 0.442 e. The molecule has 140 valence electrons. The third kappa shape index (κ3) is 3.30. The molecule has 0 bridgehead atoms. The SMILES string of the molecule is O=[N+]([O-])c1cn(Cc2csc(-c3ccc4c(c3)OCO4)n2)nc1C(F)(F)F. The van der Waals surface area contributed by atoms with Crippen molar-refractivity contribution in [3.8, 4) is 22.1 Å². The topological polar surface area (TPSA) is 92.3 Å². The summed E-state index contributed by atoms with van der Waals surface area (Å²) in [7, 11) is 0. The average Bonchev–Trinajstić information content (AvgIpc) is 3.32. The van der Waals surface area contributed by atoms with Gasteiger partial charge in [-0.05, 0) is 18.2 Å². The predicted molar refractivity (Wildman–Crippen MR) is 86.7 cm³/mol. The van der Waals surface area contributed by atoms with Crippen molar-refractivity contribution >= 4 is 17.0 Å². The van der Waals surface area contributed by atoms with Crippen LogP contribution in [0.2, 0.25) is 0 Å². The summed E-state index contributed by atoms with van der Waals surface area (Å²) in [5.41, 5.74) is -1.43. The molecular formula is C15H9F3N4O4S. The number of alkyl halides is 3. The van der Waals surface area contributed by atoms with Crippen molar-refractivity contribution in [3.05, 3.63) is 51.3 Å². The third-order valence-corrected chi connectivity index (χ3v) is 4.64. The van der Waals surface area contributed by atoms with Gasteiger partial charge in [0.1, 0.15) is 11.2 Å². The van der Waals surface area contributed by atoms with E-state index in [1.54, 1.807) is 23.6 Å². The molecule has 0 amide bonds. The summed E-state index contributed by atoms with van der Waals surface area (Å²) in [6.45, 7) is 0.0134. The minimum atomic E-state index is -4.91. The third-order valence-electron chi connectivity index (χ3n) is 3.70. The Morgan fingerprint density at radius 3 is 2.78 bits per heavy atom. The van der Waals surface area contributed by atoms with E-state index in [1.165, 1.54) is 11.3 Å². The number of thiazole rings is 1. The largest absolute Gasteiger partial charge is 0.454 e. The van der Waals surface area contributed by atoms with Crippen molar-refractivity contribution in [2.45, 2.75) is 12.7 Å². The van der Waals surface area contributed by atoms with Crippen molar-refractivity contribution in [1.82, 2.24) is 14.8 Å². The van der Waals surface area contributed by atoms with Crippen molar-refractivity contribution in [1.29, 1.82) is 0 Å². The highest BCUT2D eigenvalue weighted by Crippen LogP contribution is 2.37. The number of ether oxygens (including phenoxy) is 2. The number of nitro groups is 1. The van der Waals surface area contributed by atoms with Crippen LogP contribution in [0.4, 0.5) is 18.9 Å². The van der Waals surface area contributed by atoms with Crippen LogP contribution < -0.4 is 9.47 Å². The van der Waals surface area contributed by atoms with Gasteiger partial charge in [-0.25, -0.2) is 4.98 Å². The predicted octanol–water partition coefficient (Wildman–Crippen LogP) is 3.71. The highest BCUT2D eigenvalue weighted by Gasteiger charge is 2.42. The maximum absolute atomic E-state index is 12.9. The molecule has 0 N–H and O–H groups in total. The number of nitrogens with zero attached hydrogens (tertiary/aromatic N) is 4. The first-order valence-corrected chi connectivity index (χ1v) is 8.32. The Bertz CT molecular complexity index is 1030. The van der Waals surface area contributed by atoms with Gasteiger partial charge in [-0.3, -0.25) is 14.8 Å². The Kier molecular flexibility index (Phi) is 3.98. The number of benzene rings is 1. The molecule has 8 nitrogen and oxygen atoms in total. The highest BCUT2D eigenvalue weighted by atomic mass is 32.1. The molecule has 27 heavy (non-hydrogen) atoms. The number of fused-ring (bicyclic) bond motifs is 1. The molecule has 1 aliphatic rings. The Labute approximate surface area is 152 Å². The molecular weight excluding hydrogens is 389 g/mol. The molecule has 2 aromatic heterocycles. The molecule has 12 heteroatoms. The van der Waals surface area contributed by atoms with E-state index in [0.717, 1.165) is 16.4 Å². The van der Waals surface area contributed by atoms with E-state index in [-0.39, 0.29) is 13.3 Å². The molecule has 1 aliphatic heterocycles. The zero-order chi connectivity index (χ0) is 19.2. The Morgan fingerprint density at radius 1 is 1.30 bits per heavy atom. The van der Waals surface area contributed by atoms with Crippen molar-refractivity contribution in [3.63, 3.8) is 0 Å². The fourth-order valence-corrected chi connectivity index (χ4v) is 3.34. The Morgan fingerprint density at radius 2 is 2.07 bits per heavy atom. The van der Waals surface area contributed by atoms with Gasteiger partial charge in [0, 0.05) is 10.9 Å². The summed E-state index contributed by atoms with van der Waals surface area (Å²) >= 11 is 1.29. The van der Waals surface area contributed by atoms with Gasteiger partial charge in [0.15, 0.2) is 11.5 Å². The summed E-state index contributed by atoms with van der Waals surface area (Å²) in [5, 5.41) is 16.4. The zero-order valence-corrected chi connectivity index (χ0v) is 14.1. The normalized spacial score (nSPS) is 13.1. The van der Waals surface area contributed by atoms with Gasteiger partial charge in [0.05, 0.1) is 17.2 Å². The number of hydrogen-bond donors (Lipinski definition) is 0. The van der Waals surface area contributed by atoms with Crippen LogP contribution in [-0.4, -0.2) is 26.5 Å². The zero-order valence-electron chi connectivity index (χ0n) is 13.3. The highest BCUT2D eigenvalue weighted by molar-refractivity contribution is 7.13. The smallest absolute Gasteiger partial charge is 0.442 e. The molecule has 0 saturated heterocycles. The molecule has 0 unspecified atom stereocenters. The fraction of sp³-hybridized carbons (Fsp3) is 0.200. The van der Waals surface area contributed by atoms with E-state index in [4.69, 9.17) is 9.47 Å². The summed E-state index contributed by atoms with van der Waals surface area (Å²) in [4.78, 5) is 14.1. The molecule has 1 aromatic carbocycles. The summed E-state index contributed by atoms with van der Waals surface area (Å²) in [6, 6.07) is 5.29. The second kappa shape index (κ2) is 6.23. The molecule has 0 radical (unpaired) electrons. The quantitative estimate of drug-likeness (QED) is 0.491. The van der Waals surface area contributed by atoms with Crippen molar-refractivity contribution < 1.29 is 27.6 Å². The van der Waals surface area contributed by atoms with Crippen LogP contribution in [-0.2, 0) is 12.7 Å². The molecule has 0 spiro atoms. The van der Waals surface area contributed by atoms with Crippen LogP contribution in [0.25, 0.3) is 10.6 Å². The van der Waals surface area contributed by atoms with Gasteiger partial charge in [-0.1, -0.05) is 0 Å². The van der Waals surface area contributed by atoms with Gasteiger partial charge in [0.25, 0.3) is 0 Å². The second-order valence-corrected chi connectivity index (χ2v) is 6.39. The van der Waals surface area contributed by atoms with E-state index in [2.05, 4.69) is 10.1 Å². The first-order valence-electron chi connectivity index (χ1n) is 7.45. The summed E-state index contributed by atoms with van der Waals surface area (Å²) in [6.07, 6.45) is -4.16. The average molecular weight is 398 g/mol. The standard InChI is InChI=1S/C15H9F3N4O4S/c16-15(17,18)13-10(22(23)24)5-21(20-13)4-9-6-27-14(19-9)8-1-2-11-12(3-8)26-7-25-11/h1-3,5-6H,4,7H2. The lowest BCUT2D eigenvalue weighted by atomic mass is 10.2. The Balaban J connectivity index is 1.59. The van der Waals surface area contributed by atoms with Crippen molar-refractivity contribution in [2.75, 3.05) is 6.79 Å². The number of rotatable bonds is 4. The molecule has 0 aliphatic carbocycles. The number of hydrogen-bond acceptors (Lipinski definition) is 7. The molecule has 0 saturated carbocycles. The molecule has 0 atom stereocenters. The fourth-order valence-electron chi connectivity index (χ4n) is 2.54. The molecule has 3 aromatic rings. The lowest BCUT2D eigenvalue weighted by Crippen LogP contribution is -2.10. The van der Waals surface area contributed by atoms with Gasteiger partial charge in [-0.2, -0.15) is 18.3 Å². The van der Waals surface area contributed by atoms with Crippen LogP contribution in [0.3, 0.4) is 0 Å². The van der Waals surface area contributed by atoms with Gasteiger partial charge < -0.3 is 9.47 Å². The molecule has 3 heterocycles. The van der Waals surface area contributed by atoms with Gasteiger partial charge in [0.2, 0.25) is 12.5 Å². The summed E-state index contributed by atoms with van der Waals surface area (Å²) < 4.78 is 50.0. The van der Waals surface area contributed by atoms with E-state index >= 15 is 0 Å². The van der Waals surface area contributed by atoms with Crippen LogP contribution in [0, 0.1) is 10.1 Å². The Hall–Kier alpha value is -3.15. The van der Waals surface area contributed by atoms with Gasteiger partial charge in [-0.15, -0.1) is 11.3 Å². The van der Waals surface area contributed by atoms with E-state index in [1.807, 2.05) is 0 Å². The van der Waals surface area contributed by atoms with Gasteiger partial charge >= 0.3 is 11.9 Å². The van der Waals surface area contributed by atoms with Crippen molar-refractivity contribution in [2.24, 2.45) is 0 Å². The van der Waals surface area contributed by atoms with E-state index in [0.29, 0.717) is 22.2 Å².